The van der Waals surface area contributed by atoms with Gasteiger partial charge in [0, 0.05) is 0 Å². The van der Waals surface area contributed by atoms with E-state index in [0.717, 1.165) is 0 Å². The van der Waals surface area contributed by atoms with E-state index in [0.29, 0.717) is 6.42 Å². The van der Waals surface area contributed by atoms with Crippen LogP contribution < -0.4 is 0 Å². The Labute approximate surface area is 53.7 Å². The van der Waals surface area contributed by atoms with Crippen molar-refractivity contribution in [3.63, 3.8) is 0 Å². The van der Waals surface area contributed by atoms with Crippen molar-refractivity contribution >= 4 is 9.84 Å². The lowest BCUT2D eigenvalue weighted by Crippen LogP contribution is -2.06. The molecule has 1 rings (SSSR count). The monoisotopic (exact) mass is 148 g/mol. The molecule has 52 valence electrons. The van der Waals surface area contributed by atoms with Gasteiger partial charge in [0.1, 0.15) is 0 Å². The van der Waals surface area contributed by atoms with Gasteiger partial charge >= 0.3 is 0 Å². The average molecular weight is 148 g/mol. The minimum absolute atomic E-state index is 0.0799. The molecule has 0 aromatic heterocycles. The summed E-state index contributed by atoms with van der Waals surface area (Å²) in [5.74, 6) is 0.288. The smallest absolute Gasteiger partial charge is 0.152 e. The van der Waals surface area contributed by atoms with Crippen LogP contribution in [0.3, 0.4) is 0 Å². The van der Waals surface area contributed by atoms with Crippen molar-refractivity contribution < 1.29 is 8.42 Å². The lowest BCUT2D eigenvalue weighted by atomic mass is 10.3. The van der Waals surface area contributed by atoms with Gasteiger partial charge in [0.2, 0.25) is 0 Å². The van der Waals surface area contributed by atoms with E-state index < -0.39 is 9.84 Å². The van der Waals surface area contributed by atoms with Crippen molar-refractivity contribution in [3.8, 4) is 0 Å². The molecule has 0 amide bonds. The molecule has 0 aromatic rings. The molecule has 0 aliphatic carbocycles. The van der Waals surface area contributed by atoms with Gasteiger partial charge in [-0.1, -0.05) is 0 Å². The van der Waals surface area contributed by atoms with E-state index >= 15 is 0 Å². The van der Waals surface area contributed by atoms with Crippen molar-refractivity contribution in [1.29, 1.82) is 5.53 Å². The third-order valence-electron chi connectivity index (χ3n) is 1.39. The second kappa shape index (κ2) is 2.06. The van der Waals surface area contributed by atoms with Crippen molar-refractivity contribution in [2.45, 2.75) is 12.5 Å². The maximum absolute atomic E-state index is 10.7. The van der Waals surface area contributed by atoms with Crippen LogP contribution in [0, 0.1) is 5.53 Å². The highest BCUT2D eigenvalue weighted by Crippen LogP contribution is 2.13. The van der Waals surface area contributed by atoms with Gasteiger partial charge < -0.3 is 0 Å². The van der Waals surface area contributed by atoms with E-state index in [9.17, 15) is 8.42 Å². The molecule has 1 aliphatic rings. The van der Waals surface area contributed by atoms with Gasteiger partial charge in [0.25, 0.3) is 0 Å². The Morgan fingerprint density at radius 3 is 2.44 bits per heavy atom. The summed E-state index contributed by atoms with van der Waals surface area (Å²) in [6, 6.07) is -0.255. The Kier molecular flexibility index (Phi) is 1.52. The molecule has 1 unspecified atom stereocenters. The second-order valence-corrected chi connectivity index (χ2v) is 4.41. The van der Waals surface area contributed by atoms with Gasteiger partial charge in [0.05, 0.1) is 17.5 Å². The van der Waals surface area contributed by atoms with Gasteiger partial charge in [-0.2, -0.15) is 5.11 Å². The topological polar surface area (TPSA) is 70.3 Å². The quantitative estimate of drug-likeness (QED) is 0.540. The standard InChI is InChI=1S/C4H8N2O2S/c5-6-4-1-2-9(7,8)3-4/h4-5H,1-3H2. The Balaban J connectivity index is 2.68. The van der Waals surface area contributed by atoms with Crippen LogP contribution in [0.1, 0.15) is 6.42 Å². The fourth-order valence-electron chi connectivity index (χ4n) is 0.877. The Bertz CT molecular complexity index is 209. The maximum Gasteiger partial charge on any atom is 0.152 e. The summed E-state index contributed by atoms with van der Waals surface area (Å²) in [4.78, 5) is 0. The predicted octanol–water partition coefficient (Wildman–Crippen LogP) is 0.204. The van der Waals surface area contributed by atoms with Crippen molar-refractivity contribution in [3.05, 3.63) is 0 Å². The zero-order chi connectivity index (χ0) is 6.91. The number of hydrogen-bond acceptors (Lipinski definition) is 4. The van der Waals surface area contributed by atoms with Crippen LogP contribution in [-0.2, 0) is 9.84 Å². The molecule has 9 heavy (non-hydrogen) atoms. The third-order valence-corrected chi connectivity index (χ3v) is 3.14. The van der Waals surface area contributed by atoms with Crippen LogP contribution in [-0.4, -0.2) is 26.0 Å². The van der Waals surface area contributed by atoms with Crippen molar-refractivity contribution in [2.75, 3.05) is 11.5 Å². The summed E-state index contributed by atoms with van der Waals surface area (Å²) in [6.45, 7) is 0. The highest BCUT2D eigenvalue weighted by atomic mass is 32.2. The maximum atomic E-state index is 10.7. The summed E-state index contributed by atoms with van der Waals surface area (Å²) in [5.41, 5.74) is 6.54. The Morgan fingerprint density at radius 1 is 1.56 bits per heavy atom. The molecule has 0 radical (unpaired) electrons. The molecule has 1 heterocycles. The van der Waals surface area contributed by atoms with Crippen LogP contribution in [0.15, 0.2) is 5.11 Å². The molecule has 1 fully saturated rings. The SMILES string of the molecule is N=NC1CCS(=O)(=O)C1. The minimum atomic E-state index is -2.82. The molecule has 5 heteroatoms. The number of sulfone groups is 1. The highest BCUT2D eigenvalue weighted by Gasteiger charge is 2.27. The van der Waals surface area contributed by atoms with E-state index in [1.54, 1.807) is 0 Å². The van der Waals surface area contributed by atoms with Gasteiger partial charge in [-0.15, -0.1) is 0 Å². The van der Waals surface area contributed by atoms with E-state index in [1.807, 2.05) is 0 Å². The van der Waals surface area contributed by atoms with Crippen molar-refractivity contribution in [2.24, 2.45) is 5.11 Å². The normalized spacial score (nSPS) is 32.2. The first-order chi connectivity index (χ1) is 4.14. The van der Waals surface area contributed by atoms with E-state index in [2.05, 4.69) is 5.11 Å². The predicted molar refractivity (Wildman–Crippen MR) is 32.2 cm³/mol. The highest BCUT2D eigenvalue weighted by molar-refractivity contribution is 7.91. The molecule has 0 bridgehead atoms. The zero-order valence-corrected chi connectivity index (χ0v) is 5.69. The first-order valence-corrected chi connectivity index (χ1v) is 4.53. The molecule has 0 saturated carbocycles. The van der Waals surface area contributed by atoms with Crippen molar-refractivity contribution in [1.82, 2.24) is 0 Å². The summed E-state index contributed by atoms with van der Waals surface area (Å²) in [5, 5.41) is 3.15. The van der Waals surface area contributed by atoms with Gasteiger partial charge in [-0.05, 0) is 6.42 Å². The molecule has 0 aromatic carbocycles. The largest absolute Gasteiger partial charge is 0.229 e. The van der Waals surface area contributed by atoms with Crippen LogP contribution in [0.25, 0.3) is 0 Å². The van der Waals surface area contributed by atoms with Crippen LogP contribution in [0.2, 0.25) is 0 Å². The number of hydrogen-bond donors (Lipinski definition) is 1. The molecule has 1 N–H and O–H groups in total. The molecule has 1 saturated heterocycles. The molecular formula is C4H8N2O2S. The molecule has 0 spiro atoms. The molecule has 1 atom stereocenters. The fourth-order valence-corrected chi connectivity index (χ4v) is 2.50. The second-order valence-electron chi connectivity index (χ2n) is 2.19. The molecule has 1 aliphatic heterocycles. The first-order valence-electron chi connectivity index (χ1n) is 2.71. The summed E-state index contributed by atoms with van der Waals surface area (Å²) in [7, 11) is -2.82. The third kappa shape index (κ3) is 1.48. The zero-order valence-electron chi connectivity index (χ0n) is 4.87. The Hall–Kier alpha value is -0.450. The fraction of sp³-hybridized carbons (Fsp3) is 1.00. The number of rotatable bonds is 1. The number of nitrogens with one attached hydrogen (secondary N) is 1. The van der Waals surface area contributed by atoms with Crippen LogP contribution in [0.4, 0.5) is 0 Å². The van der Waals surface area contributed by atoms with E-state index in [-0.39, 0.29) is 17.5 Å². The number of nitrogens with zero attached hydrogens (tertiary/aromatic N) is 1. The summed E-state index contributed by atoms with van der Waals surface area (Å²) < 4.78 is 21.3. The van der Waals surface area contributed by atoms with Gasteiger partial charge in [0.15, 0.2) is 9.84 Å². The van der Waals surface area contributed by atoms with Gasteiger partial charge in [-0.25, -0.2) is 13.9 Å². The molecular weight excluding hydrogens is 140 g/mol. The summed E-state index contributed by atoms with van der Waals surface area (Å²) in [6.07, 6.45) is 0.534. The first kappa shape index (κ1) is 6.67. The Morgan fingerprint density at radius 2 is 2.22 bits per heavy atom. The molecule has 4 nitrogen and oxygen atoms in total. The average Bonchev–Trinajstić information content (AvgIpc) is 2.10. The van der Waals surface area contributed by atoms with Gasteiger partial charge in [-0.3, -0.25) is 0 Å². The van der Waals surface area contributed by atoms with E-state index in [4.69, 9.17) is 5.53 Å². The minimum Gasteiger partial charge on any atom is -0.229 e. The lowest BCUT2D eigenvalue weighted by Gasteiger charge is -1.91. The lowest BCUT2D eigenvalue weighted by molar-refractivity contribution is 0.600. The summed E-state index contributed by atoms with van der Waals surface area (Å²) >= 11 is 0. The van der Waals surface area contributed by atoms with Crippen LogP contribution in [0.5, 0.6) is 0 Å². The van der Waals surface area contributed by atoms with Crippen LogP contribution >= 0.6 is 0 Å². The van der Waals surface area contributed by atoms with E-state index in [1.165, 1.54) is 0 Å².